The van der Waals surface area contributed by atoms with Crippen LogP contribution in [0.2, 0.25) is 0 Å². The van der Waals surface area contributed by atoms with Crippen molar-refractivity contribution in [3.63, 3.8) is 0 Å². The molecule has 3 aromatic rings. The minimum absolute atomic E-state index is 0.251. The predicted octanol–water partition coefficient (Wildman–Crippen LogP) is 3.80. The Labute approximate surface area is 194 Å². The zero-order chi connectivity index (χ0) is 22.8. The number of nitrogens with one attached hydrogen (secondary N) is 2. The summed E-state index contributed by atoms with van der Waals surface area (Å²) in [5.41, 5.74) is 4.69. The zero-order valence-corrected chi connectivity index (χ0v) is 19.0. The molecule has 0 heterocycles. The number of benzene rings is 3. The van der Waals surface area contributed by atoms with Gasteiger partial charge in [0.25, 0.3) is 0 Å². The molecule has 3 aromatic carbocycles. The standard InChI is InChI=1S/C24H22BrN3O4/c1-31-21-9-5-8-19(22(21)32-16-18-10-12-20(25)13-11-18)15-27-28-24(30)23(29)26-14-17-6-3-2-4-7-17/h2-13,15H,14,16H2,1H3,(H,26,29)(H,28,30)/b27-15-. The van der Waals surface area contributed by atoms with Gasteiger partial charge in [-0.25, -0.2) is 5.43 Å². The highest BCUT2D eigenvalue weighted by atomic mass is 79.9. The summed E-state index contributed by atoms with van der Waals surface area (Å²) in [6.07, 6.45) is 1.40. The van der Waals surface area contributed by atoms with Gasteiger partial charge in [-0.2, -0.15) is 5.10 Å². The van der Waals surface area contributed by atoms with Gasteiger partial charge < -0.3 is 14.8 Å². The summed E-state index contributed by atoms with van der Waals surface area (Å²) in [6.45, 7) is 0.573. The number of hydrogen-bond acceptors (Lipinski definition) is 5. The summed E-state index contributed by atoms with van der Waals surface area (Å²) in [5.74, 6) is -0.636. The molecule has 2 amide bonds. The van der Waals surface area contributed by atoms with Crippen LogP contribution in [0.4, 0.5) is 0 Å². The molecule has 0 atom stereocenters. The maximum absolute atomic E-state index is 12.0. The minimum atomic E-state index is -0.864. The van der Waals surface area contributed by atoms with Crippen molar-refractivity contribution in [2.75, 3.05) is 7.11 Å². The minimum Gasteiger partial charge on any atom is -0.493 e. The Morgan fingerprint density at radius 2 is 1.69 bits per heavy atom. The largest absolute Gasteiger partial charge is 0.493 e. The average Bonchev–Trinajstić information content (AvgIpc) is 2.83. The quantitative estimate of drug-likeness (QED) is 0.282. The van der Waals surface area contributed by atoms with Crippen LogP contribution in [0.5, 0.6) is 11.5 Å². The van der Waals surface area contributed by atoms with Gasteiger partial charge >= 0.3 is 11.8 Å². The number of para-hydroxylation sites is 1. The Bertz CT molecular complexity index is 1090. The van der Waals surface area contributed by atoms with E-state index in [0.29, 0.717) is 23.7 Å². The summed E-state index contributed by atoms with van der Waals surface area (Å²) in [7, 11) is 1.54. The third-order valence-corrected chi connectivity index (χ3v) is 4.93. The van der Waals surface area contributed by atoms with E-state index in [9.17, 15) is 9.59 Å². The lowest BCUT2D eigenvalue weighted by molar-refractivity contribution is -0.139. The maximum atomic E-state index is 12.0. The summed E-state index contributed by atoms with van der Waals surface area (Å²) >= 11 is 3.41. The molecule has 8 heteroatoms. The van der Waals surface area contributed by atoms with E-state index < -0.39 is 11.8 Å². The van der Waals surface area contributed by atoms with Crippen molar-refractivity contribution in [2.24, 2.45) is 5.10 Å². The van der Waals surface area contributed by atoms with Crippen LogP contribution in [0.15, 0.2) is 82.4 Å². The van der Waals surface area contributed by atoms with Crippen molar-refractivity contribution >= 4 is 34.0 Å². The third-order valence-electron chi connectivity index (χ3n) is 4.40. The predicted molar refractivity (Wildman–Crippen MR) is 125 cm³/mol. The second-order valence-electron chi connectivity index (χ2n) is 6.66. The van der Waals surface area contributed by atoms with Crippen molar-refractivity contribution in [3.8, 4) is 11.5 Å². The fourth-order valence-corrected chi connectivity index (χ4v) is 3.02. The Balaban J connectivity index is 1.61. The molecular formula is C24H22BrN3O4. The van der Waals surface area contributed by atoms with Crippen molar-refractivity contribution in [1.82, 2.24) is 10.7 Å². The first kappa shape index (κ1) is 23.0. The van der Waals surface area contributed by atoms with Crippen LogP contribution < -0.4 is 20.2 Å². The highest BCUT2D eigenvalue weighted by Crippen LogP contribution is 2.31. The van der Waals surface area contributed by atoms with Gasteiger partial charge in [0, 0.05) is 16.6 Å². The van der Waals surface area contributed by atoms with Gasteiger partial charge in [-0.3, -0.25) is 9.59 Å². The summed E-state index contributed by atoms with van der Waals surface area (Å²) in [6, 6.07) is 22.4. The zero-order valence-electron chi connectivity index (χ0n) is 17.4. The lowest BCUT2D eigenvalue weighted by atomic mass is 10.2. The number of rotatable bonds is 8. The number of ether oxygens (including phenoxy) is 2. The summed E-state index contributed by atoms with van der Waals surface area (Å²) < 4.78 is 12.3. The number of halogens is 1. The lowest BCUT2D eigenvalue weighted by Crippen LogP contribution is -2.37. The van der Waals surface area contributed by atoms with E-state index in [4.69, 9.17) is 9.47 Å². The number of nitrogens with zero attached hydrogens (tertiary/aromatic N) is 1. The van der Waals surface area contributed by atoms with Crippen molar-refractivity contribution in [2.45, 2.75) is 13.2 Å². The molecule has 0 aromatic heterocycles. The molecule has 0 aliphatic rings. The Hall–Kier alpha value is -3.65. The van der Waals surface area contributed by atoms with Crippen LogP contribution in [0.25, 0.3) is 0 Å². The third kappa shape index (κ3) is 6.68. The van der Waals surface area contributed by atoms with Gasteiger partial charge in [0.15, 0.2) is 11.5 Å². The van der Waals surface area contributed by atoms with Crippen LogP contribution in [0, 0.1) is 0 Å². The van der Waals surface area contributed by atoms with E-state index >= 15 is 0 Å². The van der Waals surface area contributed by atoms with E-state index in [2.05, 4.69) is 31.8 Å². The van der Waals surface area contributed by atoms with Gasteiger partial charge in [-0.1, -0.05) is 64.5 Å². The summed E-state index contributed by atoms with van der Waals surface area (Å²) in [4.78, 5) is 24.0. The van der Waals surface area contributed by atoms with Gasteiger partial charge in [-0.15, -0.1) is 0 Å². The molecule has 0 saturated carbocycles. The summed E-state index contributed by atoms with van der Waals surface area (Å²) in [5, 5.41) is 6.44. The van der Waals surface area contributed by atoms with Crippen LogP contribution in [0.3, 0.4) is 0 Å². The van der Waals surface area contributed by atoms with E-state index in [-0.39, 0.29) is 6.54 Å². The van der Waals surface area contributed by atoms with Gasteiger partial charge in [-0.05, 0) is 35.4 Å². The molecule has 0 unspecified atom stereocenters. The van der Waals surface area contributed by atoms with Crippen molar-refractivity contribution < 1.29 is 19.1 Å². The molecule has 3 rings (SSSR count). The van der Waals surface area contributed by atoms with Crippen LogP contribution >= 0.6 is 15.9 Å². The first-order chi connectivity index (χ1) is 15.6. The maximum Gasteiger partial charge on any atom is 0.329 e. The molecule has 0 fully saturated rings. The van der Waals surface area contributed by atoms with Crippen molar-refractivity contribution in [1.29, 1.82) is 0 Å². The monoisotopic (exact) mass is 495 g/mol. The molecular weight excluding hydrogens is 474 g/mol. The molecule has 0 radical (unpaired) electrons. The molecule has 2 N–H and O–H groups in total. The highest BCUT2D eigenvalue weighted by Gasteiger charge is 2.13. The van der Waals surface area contributed by atoms with Crippen LogP contribution in [-0.4, -0.2) is 25.1 Å². The number of hydrogen-bond donors (Lipinski definition) is 2. The molecule has 7 nitrogen and oxygen atoms in total. The molecule has 0 saturated heterocycles. The fourth-order valence-electron chi connectivity index (χ4n) is 2.76. The Kier molecular flexibility index (Phi) is 8.39. The second-order valence-corrected chi connectivity index (χ2v) is 7.58. The van der Waals surface area contributed by atoms with Crippen molar-refractivity contribution in [3.05, 3.63) is 94.0 Å². The molecule has 32 heavy (non-hydrogen) atoms. The molecule has 0 spiro atoms. The smallest absolute Gasteiger partial charge is 0.329 e. The van der Waals surface area contributed by atoms with E-state index in [0.717, 1.165) is 15.6 Å². The first-order valence-electron chi connectivity index (χ1n) is 9.76. The fraction of sp³-hybridized carbons (Fsp3) is 0.125. The SMILES string of the molecule is COc1cccc(/C=N\NC(=O)C(=O)NCc2ccccc2)c1OCc1ccc(Br)cc1. The van der Waals surface area contributed by atoms with Gasteiger partial charge in [0.1, 0.15) is 6.61 Å². The average molecular weight is 496 g/mol. The number of carbonyl (C=O) groups excluding carboxylic acids is 2. The number of carbonyl (C=O) groups is 2. The van der Waals surface area contributed by atoms with E-state index in [1.54, 1.807) is 25.3 Å². The van der Waals surface area contributed by atoms with E-state index in [1.807, 2.05) is 54.6 Å². The highest BCUT2D eigenvalue weighted by molar-refractivity contribution is 9.10. The molecule has 0 aliphatic carbocycles. The Morgan fingerprint density at radius 1 is 0.938 bits per heavy atom. The van der Waals surface area contributed by atoms with Crippen LogP contribution in [-0.2, 0) is 22.7 Å². The van der Waals surface area contributed by atoms with E-state index in [1.165, 1.54) is 6.21 Å². The first-order valence-corrected chi connectivity index (χ1v) is 10.6. The molecule has 0 bridgehead atoms. The normalized spacial score (nSPS) is 10.6. The number of amides is 2. The van der Waals surface area contributed by atoms with Crippen LogP contribution in [0.1, 0.15) is 16.7 Å². The molecule has 0 aliphatic heterocycles. The lowest BCUT2D eigenvalue weighted by Gasteiger charge is -2.13. The number of hydrazone groups is 1. The molecule has 164 valence electrons. The van der Waals surface area contributed by atoms with Gasteiger partial charge in [0.2, 0.25) is 0 Å². The van der Waals surface area contributed by atoms with Gasteiger partial charge in [0.05, 0.1) is 13.3 Å². The Morgan fingerprint density at radius 3 is 2.41 bits per heavy atom. The number of methoxy groups -OCH3 is 1. The second kappa shape index (κ2) is 11.7. The topological polar surface area (TPSA) is 89.0 Å².